The van der Waals surface area contributed by atoms with Gasteiger partial charge in [-0.25, -0.2) is 15.1 Å². The fourth-order valence-electron chi connectivity index (χ4n) is 3.46. The Bertz CT molecular complexity index is 1440. The smallest absolute Gasteiger partial charge is 0.335 e. The highest BCUT2D eigenvalue weighted by Crippen LogP contribution is 2.24. The van der Waals surface area contributed by atoms with Gasteiger partial charge in [0.05, 0.1) is 12.8 Å². The lowest BCUT2D eigenvalue weighted by atomic mass is 10.1. The molecule has 3 aromatic carbocycles. The van der Waals surface area contributed by atoms with Crippen molar-refractivity contribution in [1.29, 1.82) is 0 Å². The number of amides is 6. The summed E-state index contributed by atoms with van der Waals surface area (Å²) in [5.74, 6) is -3.73. The van der Waals surface area contributed by atoms with Crippen molar-refractivity contribution in [2.75, 3.05) is 17.3 Å². The van der Waals surface area contributed by atoms with Crippen molar-refractivity contribution >= 4 is 58.9 Å². The maximum absolute atomic E-state index is 12.9. The summed E-state index contributed by atoms with van der Waals surface area (Å²) in [6.45, 7) is 0. The van der Waals surface area contributed by atoms with Crippen LogP contribution in [0, 0.1) is 5.92 Å². The summed E-state index contributed by atoms with van der Waals surface area (Å²) in [5, 5.41) is 9.03. The largest absolute Gasteiger partial charge is 0.497 e. The van der Waals surface area contributed by atoms with E-state index in [1.54, 1.807) is 36.4 Å². The minimum atomic E-state index is -1.45. The second kappa shape index (κ2) is 11.4. The second-order valence-corrected chi connectivity index (χ2v) is 8.34. The molecule has 0 unspecified atom stereocenters. The molecule has 1 saturated heterocycles. The molecule has 0 aromatic heterocycles. The first-order chi connectivity index (χ1) is 18.3. The van der Waals surface area contributed by atoms with Gasteiger partial charge in [0.25, 0.3) is 17.7 Å². The minimum absolute atomic E-state index is 0.199. The van der Waals surface area contributed by atoms with Crippen LogP contribution in [0.1, 0.15) is 20.7 Å². The summed E-state index contributed by atoms with van der Waals surface area (Å²) < 4.78 is 5.11. The maximum atomic E-state index is 12.9. The molecule has 1 heterocycles. The van der Waals surface area contributed by atoms with Gasteiger partial charge in [-0.3, -0.25) is 24.5 Å². The van der Waals surface area contributed by atoms with Crippen molar-refractivity contribution in [1.82, 2.24) is 10.7 Å². The van der Waals surface area contributed by atoms with E-state index in [0.717, 1.165) is 11.1 Å². The molecule has 3 aromatic rings. The van der Waals surface area contributed by atoms with Crippen LogP contribution in [0.4, 0.5) is 16.2 Å². The van der Waals surface area contributed by atoms with Crippen molar-refractivity contribution in [3.8, 4) is 5.75 Å². The number of imide groups is 2. The van der Waals surface area contributed by atoms with Gasteiger partial charge in [-0.2, -0.15) is 5.10 Å². The van der Waals surface area contributed by atoms with Crippen LogP contribution in [0.15, 0.2) is 77.9 Å². The van der Waals surface area contributed by atoms with Crippen LogP contribution in [-0.2, 0) is 9.59 Å². The second-order valence-electron chi connectivity index (χ2n) is 7.90. The summed E-state index contributed by atoms with van der Waals surface area (Å²) in [6.07, 6.45) is 0.940. The molecule has 0 saturated carbocycles. The number of carbonyl (C=O) groups is 5. The molecule has 1 atom stereocenters. The number of urea groups is 1. The number of halogens is 1. The lowest BCUT2D eigenvalue weighted by Crippen LogP contribution is -2.58. The molecule has 4 rings (SSSR count). The first kappa shape index (κ1) is 26.0. The van der Waals surface area contributed by atoms with Crippen LogP contribution in [0.3, 0.4) is 0 Å². The number of hydrogen-bond acceptors (Lipinski definition) is 7. The van der Waals surface area contributed by atoms with E-state index in [4.69, 9.17) is 16.3 Å². The first-order valence-electron chi connectivity index (χ1n) is 11.1. The normalized spacial score (nSPS) is 15.3. The van der Waals surface area contributed by atoms with Gasteiger partial charge in [-0.1, -0.05) is 17.7 Å². The molecule has 6 amide bonds. The monoisotopic (exact) mass is 533 g/mol. The average molecular weight is 534 g/mol. The van der Waals surface area contributed by atoms with Crippen LogP contribution >= 0.6 is 11.6 Å². The summed E-state index contributed by atoms with van der Waals surface area (Å²) in [4.78, 5) is 63.0. The Labute approximate surface area is 221 Å². The van der Waals surface area contributed by atoms with Crippen LogP contribution in [0.25, 0.3) is 0 Å². The van der Waals surface area contributed by atoms with Gasteiger partial charge in [0.1, 0.15) is 5.75 Å². The molecule has 12 heteroatoms. The highest BCUT2D eigenvalue weighted by atomic mass is 35.5. The predicted molar refractivity (Wildman–Crippen MR) is 139 cm³/mol. The molecule has 1 aliphatic heterocycles. The third kappa shape index (κ3) is 5.85. The van der Waals surface area contributed by atoms with E-state index in [0.29, 0.717) is 22.0 Å². The molecule has 38 heavy (non-hydrogen) atoms. The van der Waals surface area contributed by atoms with E-state index in [1.807, 2.05) is 0 Å². The molecular formula is C26H20ClN5O6. The number of ether oxygens (including phenoxy) is 1. The molecule has 0 radical (unpaired) electrons. The Morgan fingerprint density at radius 1 is 0.974 bits per heavy atom. The molecule has 192 valence electrons. The van der Waals surface area contributed by atoms with Crippen LogP contribution in [0.5, 0.6) is 5.75 Å². The standard InChI is InChI=1S/C26H20ClN5O6/c1-38-20-4-2-3-19(13-20)32-25(36)21(24(35)30-26(32)37)14-28-31-23(34)16-7-11-18(12-8-16)29-22(33)15-5-9-17(27)10-6-15/h2-14,21H,1H3,(H,29,33)(H,31,34)(H,30,35,37)/b28-14-/t21-/m0/s1. The fourth-order valence-corrected chi connectivity index (χ4v) is 3.59. The first-order valence-corrected chi connectivity index (χ1v) is 11.5. The van der Waals surface area contributed by atoms with Gasteiger partial charge in [0.15, 0.2) is 5.92 Å². The Morgan fingerprint density at radius 2 is 1.63 bits per heavy atom. The van der Waals surface area contributed by atoms with Crippen LogP contribution < -0.4 is 25.7 Å². The predicted octanol–water partition coefficient (Wildman–Crippen LogP) is 3.22. The van der Waals surface area contributed by atoms with E-state index in [2.05, 4.69) is 21.2 Å². The van der Waals surface area contributed by atoms with Gasteiger partial charge in [0, 0.05) is 34.1 Å². The number of methoxy groups -OCH3 is 1. The van der Waals surface area contributed by atoms with Crippen molar-refractivity contribution in [3.63, 3.8) is 0 Å². The van der Waals surface area contributed by atoms with Crippen molar-refractivity contribution < 1.29 is 28.7 Å². The van der Waals surface area contributed by atoms with Gasteiger partial charge in [0.2, 0.25) is 5.91 Å². The fraction of sp³-hybridized carbons (Fsp3) is 0.0769. The summed E-state index contributed by atoms with van der Waals surface area (Å²) in [6, 6.07) is 17.6. The third-order valence-corrected chi connectivity index (χ3v) is 5.67. The zero-order valence-electron chi connectivity index (χ0n) is 19.8. The molecule has 3 N–H and O–H groups in total. The molecule has 11 nitrogen and oxygen atoms in total. The number of nitrogens with one attached hydrogen (secondary N) is 3. The zero-order chi connectivity index (χ0) is 27.2. The number of hydrazone groups is 1. The highest BCUT2D eigenvalue weighted by Gasteiger charge is 2.40. The molecule has 1 fully saturated rings. The molecule has 1 aliphatic rings. The SMILES string of the molecule is COc1cccc(N2C(=O)NC(=O)[C@H](/C=N\NC(=O)c3ccc(NC(=O)c4ccc(Cl)cc4)cc3)C2=O)c1. The quantitative estimate of drug-likeness (QED) is 0.241. The maximum Gasteiger partial charge on any atom is 0.335 e. The number of carbonyl (C=O) groups excluding carboxylic acids is 5. The topological polar surface area (TPSA) is 146 Å². The zero-order valence-corrected chi connectivity index (χ0v) is 20.6. The number of hydrogen-bond donors (Lipinski definition) is 3. The number of rotatable bonds is 7. The van der Waals surface area contributed by atoms with E-state index >= 15 is 0 Å². The summed E-state index contributed by atoms with van der Waals surface area (Å²) >= 11 is 5.83. The Kier molecular flexibility index (Phi) is 7.78. The van der Waals surface area contributed by atoms with E-state index < -0.39 is 29.7 Å². The molecule has 0 aliphatic carbocycles. The molecule has 0 spiro atoms. The molecular weight excluding hydrogens is 514 g/mol. The average Bonchev–Trinajstić information content (AvgIpc) is 2.91. The van der Waals surface area contributed by atoms with Crippen molar-refractivity contribution in [2.45, 2.75) is 0 Å². The van der Waals surface area contributed by atoms with Gasteiger partial charge in [-0.15, -0.1) is 0 Å². The minimum Gasteiger partial charge on any atom is -0.497 e. The third-order valence-electron chi connectivity index (χ3n) is 5.41. The summed E-state index contributed by atoms with van der Waals surface area (Å²) in [5.41, 5.74) is 3.52. The van der Waals surface area contributed by atoms with E-state index in [-0.39, 0.29) is 17.2 Å². The van der Waals surface area contributed by atoms with Crippen molar-refractivity contribution in [3.05, 3.63) is 88.9 Å². The van der Waals surface area contributed by atoms with E-state index in [9.17, 15) is 24.0 Å². The lowest BCUT2D eigenvalue weighted by Gasteiger charge is -2.28. The number of barbiturate groups is 1. The van der Waals surface area contributed by atoms with Gasteiger partial charge >= 0.3 is 6.03 Å². The number of anilines is 2. The van der Waals surface area contributed by atoms with Gasteiger partial charge in [-0.05, 0) is 60.7 Å². The van der Waals surface area contributed by atoms with Crippen LogP contribution in [0.2, 0.25) is 5.02 Å². The summed E-state index contributed by atoms with van der Waals surface area (Å²) in [7, 11) is 1.43. The van der Waals surface area contributed by atoms with Gasteiger partial charge < -0.3 is 10.1 Å². The van der Waals surface area contributed by atoms with E-state index in [1.165, 1.54) is 43.5 Å². The number of nitrogens with zero attached hydrogens (tertiary/aromatic N) is 2. The Balaban J connectivity index is 1.38. The Hall–Kier alpha value is -5.03. The Morgan fingerprint density at radius 3 is 2.32 bits per heavy atom. The highest BCUT2D eigenvalue weighted by molar-refractivity contribution is 6.32. The lowest BCUT2D eigenvalue weighted by molar-refractivity contribution is -0.131. The van der Waals surface area contributed by atoms with Crippen LogP contribution in [-0.4, -0.2) is 43.0 Å². The van der Waals surface area contributed by atoms with Crippen molar-refractivity contribution in [2.24, 2.45) is 11.0 Å². The number of benzene rings is 3. The molecule has 0 bridgehead atoms.